The smallest absolute Gasteiger partial charge is 0.286 e. The monoisotopic (exact) mass is 744 g/mol. The summed E-state index contributed by atoms with van der Waals surface area (Å²) in [5, 5.41) is 1.06. The second kappa shape index (κ2) is 17.7. The van der Waals surface area contributed by atoms with Crippen LogP contribution < -0.4 is 0 Å². The molecule has 0 bridgehead atoms. The van der Waals surface area contributed by atoms with E-state index in [1.54, 1.807) is 27.7 Å². The van der Waals surface area contributed by atoms with Gasteiger partial charge in [-0.15, -0.1) is 23.2 Å². The zero-order valence-corrected chi connectivity index (χ0v) is 27.2. The van der Waals surface area contributed by atoms with E-state index < -0.39 is 45.5 Å². The molecule has 33 heavy (non-hydrogen) atoms. The van der Waals surface area contributed by atoms with Gasteiger partial charge in [-0.25, -0.2) is 9.13 Å². The van der Waals surface area contributed by atoms with Crippen molar-refractivity contribution in [3.05, 3.63) is 0 Å². The summed E-state index contributed by atoms with van der Waals surface area (Å²) in [6, 6.07) is 0. The van der Waals surface area contributed by atoms with E-state index in [1.807, 2.05) is 0 Å². The molecule has 0 rings (SSSR count). The highest BCUT2D eigenvalue weighted by Gasteiger charge is 2.40. The first kappa shape index (κ1) is 35.3. The summed E-state index contributed by atoms with van der Waals surface area (Å²) in [5.74, 6) is 0.182. The fourth-order valence-corrected chi connectivity index (χ4v) is 7.34. The second-order valence-corrected chi connectivity index (χ2v) is 13.1. The molecule has 0 saturated carbocycles. The van der Waals surface area contributed by atoms with Gasteiger partial charge in [-0.1, -0.05) is 54.1 Å². The van der Waals surface area contributed by atoms with Gasteiger partial charge in [0.2, 0.25) is 0 Å². The van der Waals surface area contributed by atoms with Crippen molar-refractivity contribution in [2.75, 3.05) is 41.0 Å². The van der Waals surface area contributed by atoms with Crippen LogP contribution >= 0.6 is 86.6 Å². The Morgan fingerprint density at radius 1 is 0.758 bits per heavy atom. The average molecular weight is 748 g/mol. The van der Waals surface area contributed by atoms with Crippen LogP contribution in [0.5, 0.6) is 0 Å². The van der Waals surface area contributed by atoms with Gasteiger partial charge in [0.05, 0.1) is 45.5 Å². The molecule has 0 aromatic rings. The Hall–Kier alpha value is 2.30. The summed E-state index contributed by atoms with van der Waals surface area (Å²) in [4.78, 5) is 0. The molecule has 0 heterocycles. The summed E-state index contributed by atoms with van der Waals surface area (Å²) < 4.78 is 59.7. The van der Waals surface area contributed by atoms with Crippen LogP contribution in [0.2, 0.25) is 6.32 Å². The standard InChI is InChI=1S/C17H32BBr3Cl2O8P2/c1-13(5-18)28-32(24,30-15(3)7-22)26-11-17(9-20,10-21)12-27-33(25,29-14(2)6-19)31-16(4)8-23/h13-16H,5-12H2,1-4H3. The van der Waals surface area contributed by atoms with Crippen molar-refractivity contribution in [3.8, 4) is 0 Å². The lowest BCUT2D eigenvalue weighted by molar-refractivity contribution is 0.0232. The molecule has 0 N–H and O–H groups in total. The molecule has 2 radical (unpaired) electrons. The Labute approximate surface area is 234 Å². The van der Waals surface area contributed by atoms with Crippen molar-refractivity contribution >= 4 is 94.5 Å². The van der Waals surface area contributed by atoms with E-state index in [-0.39, 0.29) is 31.3 Å². The van der Waals surface area contributed by atoms with Crippen LogP contribution in [-0.2, 0) is 36.3 Å². The Morgan fingerprint density at radius 2 is 1.12 bits per heavy atom. The van der Waals surface area contributed by atoms with E-state index in [1.165, 1.54) is 0 Å². The molecule has 0 saturated heterocycles. The highest BCUT2D eigenvalue weighted by Crippen LogP contribution is 2.55. The SMILES string of the molecule is [B]CC(C)OP(=O)(OCC(CBr)(CBr)COP(=O)(OC(C)CCl)OC(C)CBr)OC(C)CCl. The van der Waals surface area contributed by atoms with Crippen molar-refractivity contribution in [2.24, 2.45) is 5.41 Å². The van der Waals surface area contributed by atoms with Gasteiger partial charge in [0.1, 0.15) is 0 Å². The lowest BCUT2D eigenvalue weighted by atomic mass is 9.97. The number of alkyl halides is 5. The summed E-state index contributed by atoms with van der Waals surface area (Å²) in [5.41, 5.74) is -0.844. The van der Waals surface area contributed by atoms with Crippen LogP contribution in [-0.4, -0.2) is 73.2 Å². The molecule has 0 fully saturated rings. The fourth-order valence-electron chi connectivity index (χ4n) is 1.84. The quantitative estimate of drug-likeness (QED) is 0.0742. The summed E-state index contributed by atoms with van der Waals surface area (Å²) in [7, 11) is -2.42. The number of rotatable bonds is 20. The largest absolute Gasteiger partial charge is 0.475 e. The number of hydrogen-bond donors (Lipinski definition) is 0. The van der Waals surface area contributed by atoms with E-state index in [0.717, 1.165) is 0 Å². The molecule has 6 unspecified atom stereocenters. The molecule has 0 aliphatic heterocycles. The average Bonchev–Trinajstić information content (AvgIpc) is 2.79. The van der Waals surface area contributed by atoms with Crippen LogP contribution in [0.1, 0.15) is 27.7 Å². The van der Waals surface area contributed by atoms with Gasteiger partial charge in [0, 0.05) is 33.2 Å². The van der Waals surface area contributed by atoms with Crippen LogP contribution in [0.25, 0.3) is 0 Å². The highest BCUT2D eigenvalue weighted by atomic mass is 79.9. The third kappa shape index (κ3) is 14.1. The van der Waals surface area contributed by atoms with Crippen LogP contribution in [0.15, 0.2) is 0 Å². The summed E-state index contributed by atoms with van der Waals surface area (Å²) in [6.45, 7) is 6.36. The van der Waals surface area contributed by atoms with E-state index in [0.29, 0.717) is 16.0 Å². The minimum atomic E-state index is -4.02. The van der Waals surface area contributed by atoms with Crippen molar-refractivity contribution < 1.29 is 36.3 Å². The van der Waals surface area contributed by atoms with E-state index in [4.69, 9.17) is 58.2 Å². The Kier molecular flexibility index (Phi) is 19.0. The molecule has 0 aliphatic carbocycles. The molecular weight excluding hydrogens is 716 g/mol. The molecule has 16 heteroatoms. The zero-order chi connectivity index (χ0) is 25.7. The van der Waals surface area contributed by atoms with E-state index >= 15 is 0 Å². The number of phosphoric acid groups is 2. The van der Waals surface area contributed by atoms with Gasteiger partial charge in [-0.05, 0) is 27.7 Å². The zero-order valence-electron chi connectivity index (χ0n) is 19.1. The third-order valence-corrected chi connectivity index (χ3v) is 11.4. The first-order chi connectivity index (χ1) is 15.4. The minimum absolute atomic E-state index is 0.0846. The van der Waals surface area contributed by atoms with Crippen molar-refractivity contribution in [1.29, 1.82) is 0 Å². The number of hydrogen-bond acceptors (Lipinski definition) is 8. The first-order valence-corrected chi connectivity index (χ1v) is 17.4. The van der Waals surface area contributed by atoms with Crippen molar-refractivity contribution in [1.82, 2.24) is 0 Å². The van der Waals surface area contributed by atoms with Gasteiger partial charge < -0.3 is 0 Å². The number of halogens is 5. The third-order valence-electron chi connectivity index (χ3n) is 3.84. The predicted octanol–water partition coefficient (Wildman–Crippen LogP) is 7.09. The summed E-state index contributed by atoms with van der Waals surface area (Å²) in [6.07, 6.45) is -2.09. The Balaban J connectivity index is 5.57. The van der Waals surface area contributed by atoms with Gasteiger partial charge in [-0.3, -0.25) is 27.1 Å². The molecule has 196 valence electrons. The first-order valence-electron chi connectivity index (χ1n) is 10.1. The van der Waals surface area contributed by atoms with Gasteiger partial charge >= 0.3 is 15.6 Å². The Bertz CT molecular complexity index is 559. The van der Waals surface area contributed by atoms with Crippen LogP contribution in [0.4, 0.5) is 0 Å². The molecule has 8 nitrogen and oxygen atoms in total. The number of phosphoric ester groups is 2. The fraction of sp³-hybridized carbons (Fsp3) is 1.00. The summed E-state index contributed by atoms with van der Waals surface area (Å²) >= 11 is 21.7. The van der Waals surface area contributed by atoms with Gasteiger partial charge in [0.25, 0.3) is 0 Å². The predicted molar refractivity (Wildman–Crippen MR) is 145 cm³/mol. The van der Waals surface area contributed by atoms with Gasteiger partial charge in [-0.2, -0.15) is 0 Å². The van der Waals surface area contributed by atoms with Crippen LogP contribution in [0.3, 0.4) is 0 Å². The molecule has 0 aromatic carbocycles. The molecule has 0 aromatic heterocycles. The topological polar surface area (TPSA) is 89.5 Å². The van der Waals surface area contributed by atoms with Gasteiger partial charge in [0.15, 0.2) is 0 Å². The molecule has 0 amide bonds. The maximum absolute atomic E-state index is 13.2. The highest BCUT2D eigenvalue weighted by molar-refractivity contribution is 9.10. The minimum Gasteiger partial charge on any atom is -0.286 e. The maximum Gasteiger partial charge on any atom is 0.475 e. The lowest BCUT2D eigenvalue weighted by Crippen LogP contribution is -2.36. The normalized spacial score (nSPS) is 19.9. The van der Waals surface area contributed by atoms with E-state index in [2.05, 4.69) is 47.8 Å². The maximum atomic E-state index is 13.2. The van der Waals surface area contributed by atoms with E-state index in [9.17, 15) is 9.13 Å². The molecular formula is C17H32BBr3Cl2O8P2. The Morgan fingerprint density at radius 3 is 1.42 bits per heavy atom. The van der Waals surface area contributed by atoms with Crippen molar-refractivity contribution in [2.45, 2.75) is 58.4 Å². The van der Waals surface area contributed by atoms with Crippen LogP contribution in [0, 0.1) is 5.41 Å². The van der Waals surface area contributed by atoms with Crippen molar-refractivity contribution in [3.63, 3.8) is 0 Å². The molecule has 0 spiro atoms. The lowest BCUT2D eigenvalue weighted by Gasteiger charge is -2.33. The molecule has 6 atom stereocenters. The second-order valence-electron chi connectivity index (χ2n) is 7.57. The molecule has 0 aliphatic rings.